The number of aromatic nitrogens is 5. The third kappa shape index (κ3) is 4.41. The van der Waals surface area contributed by atoms with Gasteiger partial charge in [0.2, 0.25) is 11.7 Å². The molecule has 3 aromatic heterocycles. The van der Waals surface area contributed by atoms with Crippen molar-refractivity contribution in [1.82, 2.24) is 24.3 Å². The van der Waals surface area contributed by atoms with Gasteiger partial charge >= 0.3 is 0 Å². The number of para-hydroxylation sites is 1. The topological polar surface area (TPSA) is 97.2 Å². The Morgan fingerprint density at radius 3 is 2.64 bits per heavy atom. The normalized spacial score (nSPS) is 11.2. The summed E-state index contributed by atoms with van der Waals surface area (Å²) in [6.07, 6.45) is 0. The highest BCUT2D eigenvalue weighted by molar-refractivity contribution is 7.98. The Balaban J connectivity index is 1.47. The minimum atomic E-state index is -0.182. The molecule has 5 aromatic rings. The van der Waals surface area contributed by atoms with Gasteiger partial charge in [-0.05, 0) is 48.6 Å². The average molecular weight is 560 g/mol. The molecule has 0 aliphatic rings. The Labute approximate surface area is 223 Å². The Bertz CT molecular complexity index is 1690. The van der Waals surface area contributed by atoms with Crippen LogP contribution >= 0.6 is 46.9 Å². The van der Waals surface area contributed by atoms with Crippen LogP contribution in [-0.2, 0) is 12.8 Å². The van der Waals surface area contributed by atoms with Gasteiger partial charge in [-0.1, -0.05) is 45.9 Å². The van der Waals surface area contributed by atoms with Crippen LogP contribution in [0, 0.1) is 3.95 Å². The standard InChI is InChI=1S/C23H18ClN5O4S3/c1-28-21(30)18-20(29(23(34)36-18)13-9-7-12(24)8-10-13)26-22(28)35-11-16-25-19(27-33-16)14-5-4-6-15(31-2)17(14)32-3/h4-10H,11H2,1-3H3. The number of benzene rings is 2. The number of rotatable bonds is 7. The fraction of sp³-hybridized carbons (Fsp3) is 0.174. The van der Waals surface area contributed by atoms with Crippen molar-refractivity contribution >= 4 is 57.3 Å². The molecule has 0 aliphatic carbocycles. The fourth-order valence-electron chi connectivity index (χ4n) is 3.57. The molecule has 2 aromatic carbocycles. The van der Waals surface area contributed by atoms with Crippen LogP contribution in [0.4, 0.5) is 0 Å². The van der Waals surface area contributed by atoms with E-state index in [9.17, 15) is 4.79 Å². The third-order valence-corrected chi connectivity index (χ3v) is 7.91. The first-order valence-electron chi connectivity index (χ1n) is 10.5. The molecule has 36 heavy (non-hydrogen) atoms. The molecule has 0 saturated carbocycles. The van der Waals surface area contributed by atoms with E-state index in [4.69, 9.17) is 42.8 Å². The number of halogens is 1. The number of fused-ring (bicyclic) bond motifs is 1. The van der Waals surface area contributed by atoms with Crippen LogP contribution in [0.25, 0.3) is 27.4 Å². The molecule has 184 valence electrons. The lowest BCUT2D eigenvalue weighted by Crippen LogP contribution is -2.19. The lowest BCUT2D eigenvalue weighted by Gasteiger charge is -2.09. The Morgan fingerprint density at radius 1 is 1.14 bits per heavy atom. The number of methoxy groups -OCH3 is 2. The van der Waals surface area contributed by atoms with Crippen LogP contribution < -0.4 is 15.0 Å². The van der Waals surface area contributed by atoms with E-state index in [1.807, 2.05) is 24.3 Å². The van der Waals surface area contributed by atoms with Crippen LogP contribution in [0.3, 0.4) is 0 Å². The van der Waals surface area contributed by atoms with Crippen LogP contribution in [0.15, 0.2) is 56.9 Å². The summed E-state index contributed by atoms with van der Waals surface area (Å²) in [4.78, 5) is 22.3. The largest absolute Gasteiger partial charge is 0.493 e. The van der Waals surface area contributed by atoms with Crippen molar-refractivity contribution in [3.05, 3.63) is 67.7 Å². The lowest BCUT2D eigenvalue weighted by molar-refractivity contribution is 0.355. The number of ether oxygens (including phenoxy) is 2. The van der Waals surface area contributed by atoms with E-state index in [2.05, 4.69) is 10.1 Å². The van der Waals surface area contributed by atoms with Crippen molar-refractivity contribution in [2.24, 2.45) is 7.05 Å². The molecule has 0 spiro atoms. The van der Waals surface area contributed by atoms with Crippen molar-refractivity contribution in [3.63, 3.8) is 0 Å². The second-order valence-electron chi connectivity index (χ2n) is 7.43. The van der Waals surface area contributed by atoms with Gasteiger partial charge in [-0.3, -0.25) is 13.9 Å². The number of nitrogens with zero attached hydrogens (tertiary/aromatic N) is 5. The summed E-state index contributed by atoms with van der Waals surface area (Å²) < 4.78 is 20.5. The zero-order valence-electron chi connectivity index (χ0n) is 19.2. The summed E-state index contributed by atoms with van der Waals surface area (Å²) in [6.45, 7) is 0. The summed E-state index contributed by atoms with van der Waals surface area (Å²) in [7, 11) is 4.79. The van der Waals surface area contributed by atoms with Gasteiger partial charge in [0.25, 0.3) is 5.56 Å². The van der Waals surface area contributed by atoms with E-state index in [0.717, 1.165) is 5.69 Å². The van der Waals surface area contributed by atoms with Crippen LogP contribution in [0.5, 0.6) is 11.5 Å². The van der Waals surface area contributed by atoms with E-state index in [0.29, 0.717) is 59.0 Å². The summed E-state index contributed by atoms with van der Waals surface area (Å²) in [5.41, 5.74) is 1.73. The van der Waals surface area contributed by atoms with Gasteiger partial charge in [0.1, 0.15) is 4.70 Å². The van der Waals surface area contributed by atoms with Crippen molar-refractivity contribution in [3.8, 4) is 28.6 Å². The molecule has 0 unspecified atom stereocenters. The summed E-state index contributed by atoms with van der Waals surface area (Å²) in [5.74, 6) is 2.12. The summed E-state index contributed by atoms with van der Waals surface area (Å²) in [5, 5.41) is 5.18. The summed E-state index contributed by atoms with van der Waals surface area (Å²) >= 11 is 14.1. The fourth-order valence-corrected chi connectivity index (χ4v) is 5.85. The van der Waals surface area contributed by atoms with Gasteiger partial charge in [0, 0.05) is 17.8 Å². The summed E-state index contributed by atoms with van der Waals surface area (Å²) in [6, 6.07) is 12.6. The van der Waals surface area contributed by atoms with Gasteiger partial charge in [0.15, 0.2) is 26.3 Å². The van der Waals surface area contributed by atoms with Gasteiger partial charge in [-0.2, -0.15) is 4.98 Å². The molecule has 3 heterocycles. The third-order valence-electron chi connectivity index (χ3n) is 5.30. The minimum Gasteiger partial charge on any atom is -0.493 e. The maximum absolute atomic E-state index is 13.1. The van der Waals surface area contributed by atoms with Gasteiger partial charge in [-0.25, -0.2) is 4.98 Å². The highest BCUT2D eigenvalue weighted by Gasteiger charge is 2.19. The van der Waals surface area contributed by atoms with Crippen LogP contribution in [-0.4, -0.2) is 38.5 Å². The molecule has 0 atom stereocenters. The van der Waals surface area contributed by atoms with Crippen LogP contribution in [0.2, 0.25) is 5.02 Å². The maximum atomic E-state index is 13.1. The lowest BCUT2D eigenvalue weighted by atomic mass is 10.2. The predicted octanol–water partition coefficient (Wildman–Crippen LogP) is 5.53. The van der Waals surface area contributed by atoms with E-state index in [1.165, 1.54) is 27.7 Å². The van der Waals surface area contributed by atoms with Gasteiger partial charge < -0.3 is 14.0 Å². The van der Waals surface area contributed by atoms with E-state index < -0.39 is 0 Å². The zero-order chi connectivity index (χ0) is 25.4. The Kier molecular flexibility index (Phi) is 6.84. The molecule has 13 heteroatoms. The number of hydrogen-bond acceptors (Lipinski definition) is 10. The first-order chi connectivity index (χ1) is 17.4. The van der Waals surface area contributed by atoms with Crippen molar-refractivity contribution in [2.45, 2.75) is 10.9 Å². The van der Waals surface area contributed by atoms with Crippen LogP contribution in [0.1, 0.15) is 5.89 Å². The Morgan fingerprint density at radius 2 is 1.92 bits per heavy atom. The van der Waals surface area contributed by atoms with Gasteiger partial charge in [0.05, 0.1) is 25.5 Å². The first kappa shape index (κ1) is 24.5. The molecule has 0 N–H and O–H groups in total. The minimum absolute atomic E-state index is 0.182. The van der Waals surface area contributed by atoms with E-state index in [-0.39, 0.29) is 5.56 Å². The highest BCUT2D eigenvalue weighted by atomic mass is 35.5. The van der Waals surface area contributed by atoms with Crippen molar-refractivity contribution < 1.29 is 14.0 Å². The molecule has 0 radical (unpaired) electrons. The maximum Gasteiger partial charge on any atom is 0.273 e. The van der Waals surface area contributed by atoms with E-state index >= 15 is 0 Å². The molecule has 0 amide bonds. The molecule has 9 nitrogen and oxygen atoms in total. The van der Waals surface area contributed by atoms with Gasteiger partial charge in [-0.15, -0.1) is 0 Å². The monoisotopic (exact) mass is 559 g/mol. The molecule has 0 fully saturated rings. The first-order valence-corrected chi connectivity index (χ1v) is 13.1. The zero-order valence-corrected chi connectivity index (χ0v) is 22.4. The second kappa shape index (κ2) is 10.1. The SMILES string of the molecule is COc1cccc(-c2noc(CSc3nc4c(sc(=S)n4-c4ccc(Cl)cc4)c(=O)n3C)n2)c1OC. The molecule has 0 bridgehead atoms. The number of thioether (sulfide) groups is 1. The highest BCUT2D eigenvalue weighted by Crippen LogP contribution is 2.36. The smallest absolute Gasteiger partial charge is 0.273 e. The van der Waals surface area contributed by atoms with Crippen molar-refractivity contribution in [2.75, 3.05) is 14.2 Å². The predicted molar refractivity (Wildman–Crippen MR) is 142 cm³/mol. The molecule has 0 aliphatic heterocycles. The van der Waals surface area contributed by atoms with E-state index in [1.54, 1.807) is 44.0 Å². The van der Waals surface area contributed by atoms with Crippen molar-refractivity contribution in [1.29, 1.82) is 0 Å². The average Bonchev–Trinajstić information content (AvgIpc) is 3.49. The molecular weight excluding hydrogens is 542 g/mol. The molecular formula is C23H18ClN5O4S3. The Hall–Kier alpha value is -3.19. The number of thiazole rings is 1. The number of hydrogen-bond donors (Lipinski definition) is 0. The molecule has 0 saturated heterocycles. The second-order valence-corrected chi connectivity index (χ2v) is 10.5. The quantitative estimate of drug-likeness (QED) is 0.145. The molecule has 5 rings (SSSR count).